The molecule has 0 rings (SSSR count). The van der Waals surface area contributed by atoms with Crippen molar-refractivity contribution in [1.82, 2.24) is 0 Å². The zero-order valence-electron chi connectivity index (χ0n) is 10.4. The third-order valence-electron chi connectivity index (χ3n) is 3.04. The van der Waals surface area contributed by atoms with E-state index in [1.807, 2.05) is 0 Å². The van der Waals surface area contributed by atoms with Crippen LogP contribution in [-0.4, -0.2) is 6.04 Å². The molecular weight excluding hydrogens is 170 g/mol. The van der Waals surface area contributed by atoms with E-state index in [-0.39, 0.29) is 0 Å². The summed E-state index contributed by atoms with van der Waals surface area (Å²) in [6.45, 7) is 4.52. The molecular formula is C13H30N+. The van der Waals surface area contributed by atoms with Crippen LogP contribution in [0.15, 0.2) is 0 Å². The molecule has 1 nitrogen and oxygen atoms in total. The average Bonchev–Trinajstić information content (AvgIpc) is 2.21. The lowest BCUT2D eigenvalue weighted by atomic mass is 10.0. The van der Waals surface area contributed by atoms with Crippen LogP contribution in [0.3, 0.4) is 0 Å². The predicted molar refractivity (Wildman–Crippen MR) is 64.2 cm³/mol. The second-order valence-corrected chi connectivity index (χ2v) is 4.54. The standard InChI is InChI=1S/C13H29N/c1-3-5-6-7-8-9-10-11-12-13(14)4-2/h13H,3-12,14H2,1-2H3/p+1. The minimum atomic E-state index is 0.704. The smallest absolute Gasteiger partial charge is 0.0840 e. The highest BCUT2D eigenvalue weighted by Gasteiger charge is 2.01. The van der Waals surface area contributed by atoms with E-state index in [1.54, 1.807) is 0 Å². The lowest BCUT2D eigenvalue weighted by Crippen LogP contribution is -2.60. The Kier molecular flexibility index (Phi) is 11.0. The maximum Gasteiger partial charge on any atom is 0.0840 e. The molecule has 0 aliphatic carbocycles. The monoisotopic (exact) mass is 200 g/mol. The number of quaternary nitrogens is 1. The molecule has 0 aromatic heterocycles. The van der Waals surface area contributed by atoms with Crippen LogP contribution in [0.1, 0.15) is 78.1 Å². The summed E-state index contributed by atoms with van der Waals surface area (Å²) in [5, 5.41) is 0. The van der Waals surface area contributed by atoms with E-state index in [9.17, 15) is 0 Å². The molecule has 0 aliphatic rings. The van der Waals surface area contributed by atoms with Crippen molar-refractivity contribution in [2.24, 2.45) is 0 Å². The van der Waals surface area contributed by atoms with Crippen molar-refractivity contribution in [3.05, 3.63) is 0 Å². The van der Waals surface area contributed by atoms with Crippen molar-refractivity contribution in [2.75, 3.05) is 0 Å². The molecule has 14 heavy (non-hydrogen) atoms. The van der Waals surface area contributed by atoms with Crippen LogP contribution in [0.4, 0.5) is 0 Å². The number of rotatable bonds is 10. The van der Waals surface area contributed by atoms with Gasteiger partial charge in [-0.2, -0.15) is 0 Å². The zero-order chi connectivity index (χ0) is 10.6. The largest absolute Gasteiger partial charge is 0.355 e. The van der Waals surface area contributed by atoms with Gasteiger partial charge in [-0.25, -0.2) is 0 Å². The summed E-state index contributed by atoms with van der Waals surface area (Å²) in [4.78, 5) is 0. The third-order valence-corrected chi connectivity index (χ3v) is 3.04. The Balaban J connectivity index is 2.92. The van der Waals surface area contributed by atoms with Gasteiger partial charge in [-0.1, -0.05) is 58.8 Å². The summed E-state index contributed by atoms with van der Waals surface area (Å²) < 4.78 is 0. The van der Waals surface area contributed by atoms with E-state index in [0.29, 0.717) is 6.04 Å². The van der Waals surface area contributed by atoms with E-state index in [0.717, 1.165) is 0 Å². The third kappa shape index (κ3) is 10.0. The lowest BCUT2D eigenvalue weighted by Gasteiger charge is -2.04. The molecule has 86 valence electrons. The van der Waals surface area contributed by atoms with Crippen LogP contribution >= 0.6 is 0 Å². The minimum absolute atomic E-state index is 0.704. The Labute approximate surface area is 90.5 Å². The van der Waals surface area contributed by atoms with Gasteiger partial charge in [-0.3, -0.25) is 0 Å². The summed E-state index contributed by atoms with van der Waals surface area (Å²) in [7, 11) is 0. The zero-order valence-corrected chi connectivity index (χ0v) is 10.4. The number of hydrogen-bond donors (Lipinski definition) is 1. The van der Waals surface area contributed by atoms with Gasteiger partial charge in [0.05, 0.1) is 6.04 Å². The lowest BCUT2D eigenvalue weighted by molar-refractivity contribution is -0.421. The molecule has 0 saturated heterocycles. The van der Waals surface area contributed by atoms with Gasteiger partial charge in [-0.15, -0.1) is 0 Å². The molecule has 0 spiro atoms. The number of hydrogen-bond acceptors (Lipinski definition) is 0. The molecule has 0 aromatic carbocycles. The van der Waals surface area contributed by atoms with Crippen molar-refractivity contribution in [3.63, 3.8) is 0 Å². The average molecular weight is 200 g/mol. The Hall–Kier alpha value is -0.0400. The van der Waals surface area contributed by atoms with E-state index in [2.05, 4.69) is 19.6 Å². The summed E-state index contributed by atoms with van der Waals surface area (Å²) >= 11 is 0. The second kappa shape index (κ2) is 11.0. The molecule has 3 N–H and O–H groups in total. The first-order valence-corrected chi connectivity index (χ1v) is 6.64. The Bertz CT molecular complexity index is 101. The minimum Gasteiger partial charge on any atom is -0.355 e. The normalized spacial score (nSPS) is 13.1. The molecule has 1 heteroatoms. The number of unbranched alkanes of at least 4 members (excludes halogenated alkanes) is 7. The molecule has 1 unspecified atom stereocenters. The van der Waals surface area contributed by atoms with Gasteiger partial charge in [-0.05, 0) is 19.3 Å². The van der Waals surface area contributed by atoms with Crippen molar-refractivity contribution in [1.29, 1.82) is 0 Å². The van der Waals surface area contributed by atoms with Crippen LogP contribution in [0, 0.1) is 0 Å². The Morgan fingerprint density at radius 2 is 1.29 bits per heavy atom. The van der Waals surface area contributed by atoms with Gasteiger partial charge >= 0.3 is 0 Å². The van der Waals surface area contributed by atoms with Gasteiger partial charge < -0.3 is 5.73 Å². The molecule has 0 heterocycles. The molecule has 0 bridgehead atoms. The maximum atomic E-state index is 4.11. The Morgan fingerprint density at radius 1 is 0.786 bits per heavy atom. The van der Waals surface area contributed by atoms with Crippen LogP contribution in [0.5, 0.6) is 0 Å². The molecule has 0 radical (unpaired) electrons. The molecule has 0 fully saturated rings. The van der Waals surface area contributed by atoms with Crippen LogP contribution < -0.4 is 5.73 Å². The van der Waals surface area contributed by atoms with Crippen LogP contribution in [0.25, 0.3) is 0 Å². The fraction of sp³-hybridized carbons (Fsp3) is 1.00. The van der Waals surface area contributed by atoms with Gasteiger partial charge in [0.1, 0.15) is 0 Å². The van der Waals surface area contributed by atoms with Gasteiger partial charge in [0.2, 0.25) is 0 Å². The molecule has 0 aliphatic heterocycles. The molecule has 0 amide bonds. The first-order valence-electron chi connectivity index (χ1n) is 6.64. The van der Waals surface area contributed by atoms with E-state index in [1.165, 1.54) is 64.2 Å². The first kappa shape index (κ1) is 14.0. The SMILES string of the molecule is CCCCCCCCCCC([NH3+])CC. The summed E-state index contributed by atoms with van der Waals surface area (Å²) in [6, 6.07) is 0.704. The summed E-state index contributed by atoms with van der Waals surface area (Å²) in [6.07, 6.45) is 14.0. The topological polar surface area (TPSA) is 27.6 Å². The fourth-order valence-corrected chi connectivity index (χ4v) is 1.77. The van der Waals surface area contributed by atoms with Crippen molar-refractivity contribution >= 4 is 0 Å². The second-order valence-electron chi connectivity index (χ2n) is 4.54. The highest BCUT2D eigenvalue weighted by atomic mass is 14.6. The van der Waals surface area contributed by atoms with E-state index < -0.39 is 0 Å². The molecule has 1 atom stereocenters. The van der Waals surface area contributed by atoms with Crippen molar-refractivity contribution in [2.45, 2.75) is 84.1 Å². The van der Waals surface area contributed by atoms with Gasteiger partial charge in [0.25, 0.3) is 0 Å². The van der Waals surface area contributed by atoms with Gasteiger partial charge in [0, 0.05) is 0 Å². The van der Waals surface area contributed by atoms with E-state index >= 15 is 0 Å². The summed E-state index contributed by atoms with van der Waals surface area (Å²) in [5.74, 6) is 0. The van der Waals surface area contributed by atoms with E-state index in [4.69, 9.17) is 0 Å². The van der Waals surface area contributed by atoms with Crippen molar-refractivity contribution < 1.29 is 5.73 Å². The fourth-order valence-electron chi connectivity index (χ4n) is 1.77. The van der Waals surface area contributed by atoms with Crippen LogP contribution in [-0.2, 0) is 0 Å². The molecule has 0 aromatic rings. The predicted octanol–water partition coefficient (Wildman–Crippen LogP) is 3.54. The molecule has 0 saturated carbocycles. The van der Waals surface area contributed by atoms with Crippen molar-refractivity contribution in [3.8, 4) is 0 Å². The Morgan fingerprint density at radius 3 is 1.79 bits per heavy atom. The summed E-state index contributed by atoms with van der Waals surface area (Å²) in [5.41, 5.74) is 4.11. The van der Waals surface area contributed by atoms with Crippen LogP contribution in [0.2, 0.25) is 0 Å². The quantitative estimate of drug-likeness (QED) is 0.522. The highest BCUT2D eigenvalue weighted by Crippen LogP contribution is 2.10. The highest BCUT2D eigenvalue weighted by molar-refractivity contribution is 4.52. The van der Waals surface area contributed by atoms with Gasteiger partial charge in [0.15, 0.2) is 0 Å². The first-order chi connectivity index (χ1) is 6.81. The maximum absolute atomic E-state index is 4.11.